The van der Waals surface area contributed by atoms with Crippen molar-refractivity contribution in [1.82, 2.24) is 14.7 Å². The SMILES string of the molecule is O=C1C2C(C(=O)N1CCN1CCN(C(c3ccc(F)cc3)c3ccc(F)cc3)CC1)[C@H]1C=C[C@@H]2C2CC21. The molecular formula is C30H31F2N3O2. The van der Waals surface area contributed by atoms with Crippen LogP contribution in [-0.4, -0.2) is 65.8 Å². The fraction of sp³-hybridized carbons (Fsp3) is 0.467. The third kappa shape index (κ3) is 3.86. The number of rotatable bonds is 6. The van der Waals surface area contributed by atoms with E-state index in [4.69, 9.17) is 0 Å². The zero-order valence-corrected chi connectivity index (χ0v) is 20.7. The number of nitrogens with zero attached hydrogens (tertiary/aromatic N) is 3. The average Bonchev–Trinajstić information content (AvgIpc) is 3.70. The molecule has 6 atom stereocenters. The highest BCUT2D eigenvalue weighted by atomic mass is 19.1. The normalized spacial score (nSPS) is 32.8. The average molecular weight is 504 g/mol. The number of likely N-dealkylation sites (tertiary alicyclic amines) is 1. The van der Waals surface area contributed by atoms with Crippen LogP contribution in [0.25, 0.3) is 0 Å². The minimum Gasteiger partial charge on any atom is -0.299 e. The molecule has 2 amide bonds. The van der Waals surface area contributed by atoms with Crippen molar-refractivity contribution in [2.45, 2.75) is 12.5 Å². The molecule has 192 valence electrons. The largest absolute Gasteiger partial charge is 0.299 e. The van der Waals surface area contributed by atoms with Crippen molar-refractivity contribution in [1.29, 1.82) is 0 Å². The third-order valence-electron chi connectivity index (χ3n) is 9.54. The molecule has 2 aromatic carbocycles. The van der Waals surface area contributed by atoms with Crippen LogP contribution in [0.4, 0.5) is 8.78 Å². The molecule has 6 aliphatic rings. The van der Waals surface area contributed by atoms with Gasteiger partial charge in [0.05, 0.1) is 17.9 Å². The number of halogens is 2. The maximum atomic E-state index is 13.6. The number of imide groups is 1. The Balaban J connectivity index is 1.00. The van der Waals surface area contributed by atoms with Crippen molar-refractivity contribution in [3.63, 3.8) is 0 Å². The van der Waals surface area contributed by atoms with Gasteiger partial charge in [0.15, 0.2) is 0 Å². The van der Waals surface area contributed by atoms with Gasteiger partial charge in [-0.1, -0.05) is 36.4 Å². The molecule has 5 nitrogen and oxygen atoms in total. The summed E-state index contributed by atoms with van der Waals surface area (Å²) in [5, 5.41) is 0. The minimum atomic E-state index is -0.280. The molecule has 7 heteroatoms. The molecule has 2 saturated carbocycles. The number of amides is 2. The minimum absolute atomic E-state index is 0.0472. The summed E-state index contributed by atoms with van der Waals surface area (Å²) in [6.07, 6.45) is 5.61. The Hall–Kier alpha value is -2.90. The summed E-state index contributed by atoms with van der Waals surface area (Å²) in [5.74, 6) is 1.05. The smallest absolute Gasteiger partial charge is 0.233 e. The number of hydrogen-bond acceptors (Lipinski definition) is 4. The lowest BCUT2D eigenvalue weighted by Crippen LogP contribution is -2.50. The van der Waals surface area contributed by atoms with Crippen LogP contribution in [-0.2, 0) is 9.59 Å². The van der Waals surface area contributed by atoms with E-state index in [0.29, 0.717) is 24.9 Å². The van der Waals surface area contributed by atoms with E-state index in [9.17, 15) is 18.4 Å². The first-order valence-corrected chi connectivity index (χ1v) is 13.5. The van der Waals surface area contributed by atoms with Crippen molar-refractivity contribution < 1.29 is 18.4 Å². The molecule has 2 aliphatic heterocycles. The van der Waals surface area contributed by atoms with Crippen LogP contribution in [0.3, 0.4) is 0 Å². The van der Waals surface area contributed by atoms with Crippen LogP contribution < -0.4 is 0 Å². The van der Waals surface area contributed by atoms with Gasteiger partial charge in [0.2, 0.25) is 11.8 Å². The number of hydrogen-bond donors (Lipinski definition) is 0. The van der Waals surface area contributed by atoms with Crippen molar-refractivity contribution in [3.05, 3.63) is 83.4 Å². The van der Waals surface area contributed by atoms with Gasteiger partial charge >= 0.3 is 0 Å². The summed E-state index contributed by atoms with van der Waals surface area (Å²) >= 11 is 0. The predicted octanol–water partition coefficient (Wildman–Crippen LogP) is 3.72. The first-order valence-electron chi connectivity index (χ1n) is 13.5. The van der Waals surface area contributed by atoms with E-state index in [-0.39, 0.29) is 53.2 Å². The van der Waals surface area contributed by atoms with Gasteiger partial charge < -0.3 is 0 Å². The van der Waals surface area contributed by atoms with E-state index in [1.165, 1.54) is 30.7 Å². The van der Waals surface area contributed by atoms with Crippen molar-refractivity contribution >= 4 is 11.8 Å². The monoisotopic (exact) mass is 503 g/mol. The van der Waals surface area contributed by atoms with Crippen LogP contribution in [0.1, 0.15) is 23.6 Å². The predicted molar refractivity (Wildman–Crippen MR) is 134 cm³/mol. The molecular weight excluding hydrogens is 472 g/mol. The topological polar surface area (TPSA) is 43.9 Å². The van der Waals surface area contributed by atoms with Crippen LogP contribution in [0, 0.1) is 47.1 Å². The van der Waals surface area contributed by atoms with Gasteiger partial charge in [-0.05, 0) is 65.5 Å². The van der Waals surface area contributed by atoms with E-state index >= 15 is 0 Å². The molecule has 2 saturated heterocycles. The van der Waals surface area contributed by atoms with Gasteiger partial charge in [-0.2, -0.15) is 0 Å². The quantitative estimate of drug-likeness (QED) is 0.445. The highest BCUT2D eigenvalue weighted by Crippen LogP contribution is 2.65. The molecule has 37 heavy (non-hydrogen) atoms. The summed E-state index contributed by atoms with van der Waals surface area (Å²) in [4.78, 5) is 32.8. The first kappa shape index (κ1) is 23.2. The van der Waals surface area contributed by atoms with Gasteiger partial charge in [0.25, 0.3) is 0 Å². The maximum absolute atomic E-state index is 13.6. The Morgan fingerprint density at radius 1 is 0.703 bits per heavy atom. The molecule has 2 aromatic rings. The lowest BCUT2D eigenvalue weighted by Gasteiger charge is -2.40. The number of benzene rings is 2. The molecule has 0 N–H and O–H groups in total. The molecule has 0 radical (unpaired) electrons. The van der Waals surface area contributed by atoms with Gasteiger partial charge in [-0.15, -0.1) is 0 Å². The second-order valence-corrected chi connectivity index (χ2v) is 11.4. The van der Waals surface area contributed by atoms with Crippen LogP contribution >= 0.6 is 0 Å². The van der Waals surface area contributed by atoms with Crippen LogP contribution in [0.2, 0.25) is 0 Å². The fourth-order valence-electron chi connectivity index (χ4n) is 7.63. The summed E-state index contributed by atoms with van der Waals surface area (Å²) in [6, 6.07) is 13.0. The summed E-state index contributed by atoms with van der Waals surface area (Å²) < 4.78 is 27.2. The standard InChI is InChI=1S/C30H31F2N3O2/c31-20-5-1-18(2-6-20)28(19-3-7-21(32)8-4-19)34-14-11-33(12-15-34)13-16-35-29(36)26-22-9-10-23(25-17-24(22)25)27(26)30(35)37/h1-10,22-28H,11-17H2/t22-,23+,24?,25?,26?,27?. The number of piperazine rings is 1. The summed E-state index contributed by atoms with van der Waals surface area (Å²) in [5.41, 5.74) is 1.94. The van der Waals surface area contributed by atoms with Gasteiger partial charge in [0.1, 0.15) is 11.6 Å². The van der Waals surface area contributed by atoms with Crippen molar-refractivity contribution in [3.8, 4) is 0 Å². The van der Waals surface area contributed by atoms with Crippen LogP contribution in [0.5, 0.6) is 0 Å². The van der Waals surface area contributed by atoms with Crippen molar-refractivity contribution in [2.75, 3.05) is 39.3 Å². The Bertz CT molecular complexity index is 1160. The van der Waals surface area contributed by atoms with E-state index in [1.54, 1.807) is 29.2 Å². The molecule has 2 bridgehead atoms. The zero-order valence-electron chi connectivity index (χ0n) is 20.7. The summed E-state index contributed by atoms with van der Waals surface area (Å²) in [7, 11) is 0. The van der Waals surface area contributed by atoms with E-state index < -0.39 is 0 Å². The molecule has 4 unspecified atom stereocenters. The lowest BCUT2D eigenvalue weighted by molar-refractivity contribution is -0.140. The lowest BCUT2D eigenvalue weighted by atomic mass is 9.63. The fourth-order valence-corrected chi connectivity index (χ4v) is 7.63. The Morgan fingerprint density at radius 3 is 1.68 bits per heavy atom. The molecule has 8 rings (SSSR count). The maximum Gasteiger partial charge on any atom is 0.233 e. The highest BCUT2D eigenvalue weighted by Gasteiger charge is 2.66. The van der Waals surface area contributed by atoms with Crippen molar-refractivity contribution in [2.24, 2.45) is 35.5 Å². The number of allylic oxidation sites excluding steroid dienone is 2. The Labute approximate surface area is 215 Å². The highest BCUT2D eigenvalue weighted by molar-refractivity contribution is 6.06. The van der Waals surface area contributed by atoms with E-state index in [2.05, 4.69) is 22.0 Å². The van der Waals surface area contributed by atoms with Crippen LogP contribution in [0.15, 0.2) is 60.7 Å². The second kappa shape index (κ2) is 8.84. The number of carbonyl (C=O) groups is 2. The number of carbonyl (C=O) groups excluding carboxylic acids is 2. The Kier molecular flexibility index (Phi) is 5.55. The van der Waals surface area contributed by atoms with Gasteiger partial charge in [0, 0.05) is 39.3 Å². The first-order chi connectivity index (χ1) is 18.0. The molecule has 0 spiro atoms. The van der Waals surface area contributed by atoms with Gasteiger partial charge in [-0.25, -0.2) is 8.78 Å². The second-order valence-electron chi connectivity index (χ2n) is 11.4. The van der Waals surface area contributed by atoms with Gasteiger partial charge in [-0.3, -0.25) is 24.3 Å². The molecule has 2 heterocycles. The van der Waals surface area contributed by atoms with E-state index in [0.717, 1.165) is 37.3 Å². The Morgan fingerprint density at radius 2 is 1.19 bits per heavy atom. The molecule has 4 aliphatic carbocycles. The molecule has 4 fully saturated rings. The zero-order chi connectivity index (χ0) is 25.3. The summed E-state index contributed by atoms with van der Waals surface area (Å²) in [6.45, 7) is 4.31. The third-order valence-corrected chi connectivity index (χ3v) is 9.54. The molecule has 0 aromatic heterocycles. The van der Waals surface area contributed by atoms with E-state index in [1.807, 2.05) is 0 Å².